The van der Waals surface area contributed by atoms with Crippen molar-refractivity contribution < 1.29 is 9.84 Å². The van der Waals surface area contributed by atoms with Gasteiger partial charge in [0.05, 0.1) is 17.6 Å². The highest BCUT2D eigenvalue weighted by atomic mass is 16.5. The van der Waals surface area contributed by atoms with Crippen LogP contribution in [0.25, 0.3) is 11.0 Å². The van der Waals surface area contributed by atoms with Gasteiger partial charge in [0.25, 0.3) is 0 Å². The molecule has 1 aromatic heterocycles. The van der Waals surface area contributed by atoms with Gasteiger partial charge in [-0.05, 0) is 31.2 Å². The highest BCUT2D eigenvalue weighted by Crippen LogP contribution is 2.22. The van der Waals surface area contributed by atoms with Crippen LogP contribution in [0.5, 0.6) is 5.75 Å². The van der Waals surface area contributed by atoms with Gasteiger partial charge < -0.3 is 14.4 Å². The summed E-state index contributed by atoms with van der Waals surface area (Å²) in [6.07, 6.45) is -0.596. The minimum Gasteiger partial charge on any atom is -0.491 e. The number of hydrogen-bond donors (Lipinski definition) is 1. The second-order valence-electron chi connectivity index (χ2n) is 6.50. The summed E-state index contributed by atoms with van der Waals surface area (Å²) in [5.74, 6) is 2.06. The SMILES string of the molecule is Cc1ccc(OCC(O)Cn2c(C(C)C)nc3ccccc32)cc1. The van der Waals surface area contributed by atoms with E-state index in [0.29, 0.717) is 12.5 Å². The van der Waals surface area contributed by atoms with Crippen LogP contribution < -0.4 is 4.74 Å². The lowest BCUT2D eigenvalue weighted by Crippen LogP contribution is -2.24. The number of benzene rings is 2. The van der Waals surface area contributed by atoms with E-state index in [4.69, 9.17) is 9.72 Å². The Hall–Kier alpha value is -2.33. The lowest BCUT2D eigenvalue weighted by molar-refractivity contribution is 0.0925. The van der Waals surface area contributed by atoms with Crippen molar-refractivity contribution in [2.45, 2.75) is 39.3 Å². The molecule has 0 fully saturated rings. The Kier molecular flexibility index (Phi) is 4.86. The molecule has 0 aliphatic heterocycles. The molecule has 1 unspecified atom stereocenters. The molecular weight excluding hydrogens is 300 g/mol. The van der Waals surface area contributed by atoms with Crippen molar-refractivity contribution in [3.63, 3.8) is 0 Å². The third kappa shape index (κ3) is 3.60. The maximum absolute atomic E-state index is 10.4. The van der Waals surface area contributed by atoms with E-state index in [9.17, 15) is 5.11 Å². The van der Waals surface area contributed by atoms with Crippen LogP contribution in [-0.4, -0.2) is 27.4 Å². The molecule has 0 aliphatic rings. The number of rotatable bonds is 6. The van der Waals surface area contributed by atoms with Crippen LogP contribution in [0.2, 0.25) is 0 Å². The lowest BCUT2D eigenvalue weighted by atomic mass is 10.2. The van der Waals surface area contributed by atoms with Gasteiger partial charge in [0, 0.05) is 5.92 Å². The molecule has 24 heavy (non-hydrogen) atoms. The molecular formula is C20H24N2O2. The van der Waals surface area contributed by atoms with Gasteiger partial charge in [0.15, 0.2) is 0 Å². The first-order chi connectivity index (χ1) is 11.5. The van der Waals surface area contributed by atoms with E-state index in [1.807, 2.05) is 55.5 Å². The van der Waals surface area contributed by atoms with Gasteiger partial charge in [-0.15, -0.1) is 0 Å². The van der Waals surface area contributed by atoms with Crippen molar-refractivity contribution in [1.82, 2.24) is 9.55 Å². The van der Waals surface area contributed by atoms with Crippen molar-refractivity contribution in [2.24, 2.45) is 0 Å². The molecule has 3 rings (SSSR count). The topological polar surface area (TPSA) is 47.3 Å². The number of imidazole rings is 1. The number of aryl methyl sites for hydroxylation is 1. The number of aliphatic hydroxyl groups excluding tert-OH is 1. The van der Waals surface area contributed by atoms with Gasteiger partial charge in [-0.2, -0.15) is 0 Å². The fourth-order valence-corrected chi connectivity index (χ4v) is 2.82. The monoisotopic (exact) mass is 324 g/mol. The molecule has 0 spiro atoms. The summed E-state index contributed by atoms with van der Waals surface area (Å²) in [6, 6.07) is 15.9. The summed E-state index contributed by atoms with van der Waals surface area (Å²) in [6.45, 7) is 7.00. The number of aromatic nitrogens is 2. The van der Waals surface area contributed by atoms with E-state index < -0.39 is 6.10 Å². The van der Waals surface area contributed by atoms with Crippen molar-refractivity contribution >= 4 is 11.0 Å². The maximum Gasteiger partial charge on any atom is 0.119 e. The van der Waals surface area contributed by atoms with Crippen molar-refractivity contribution in [3.8, 4) is 5.75 Å². The quantitative estimate of drug-likeness (QED) is 0.748. The zero-order chi connectivity index (χ0) is 17.1. The summed E-state index contributed by atoms with van der Waals surface area (Å²) in [5.41, 5.74) is 3.21. The van der Waals surface area contributed by atoms with Gasteiger partial charge in [-0.1, -0.05) is 43.7 Å². The largest absolute Gasteiger partial charge is 0.491 e. The number of nitrogens with zero attached hydrogens (tertiary/aromatic N) is 2. The summed E-state index contributed by atoms with van der Waals surface area (Å²) in [7, 11) is 0. The van der Waals surface area contributed by atoms with Crippen LogP contribution in [0.15, 0.2) is 48.5 Å². The Morgan fingerprint density at radius 2 is 1.79 bits per heavy atom. The maximum atomic E-state index is 10.4. The van der Waals surface area contributed by atoms with Crippen LogP contribution in [0.3, 0.4) is 0 Å². The van der Waals surface area contributed by atoms with Crippen molar-refractivity contribution in [3.05, 3.63) is 59.9 Å². The van der Waals surface area contributed by atoms with Gasteiger partial charge in [-0.25, -0.2) is 4.98 Å². The molecule has 0 bridgehead atoms. The molecule has 2 aromatic carbocycles. The zero-order valence-corrected chi connectivity index (χ0v) is 14.4. The third-order valence-corrected chi connectivity index (χ3v) is 4.06. The highest BCUT2D eigenvalue weighted by Gasteiger charge is 2.16. The molecule has 126 valence electrons. The van der Waals surface area contributed by atoms with Crippen LogP contribution in [-0.2, 0) is 6.54 Å². The molecule has 4 nitrogen and oxygen atoms in total. The van der Waals surface area contributed by atoms with E-state index in [0.717, 1.165) is 22.6 Å². The van der Waals surface area contributed by atoms with E-state index in [1.165, 1.54) is 5.56 Å². The Labute approximate surface area is 142 Å². The third-order valence-electron chi connectivity index (χ3n) is 4.06. The molecule has 0 amide bonds. The van der Waals surface area contributed by atoms with Crippen LogP contribution in [0.4, 0.5) is 0 Å². The molecule has 4 heteroatoms. The molecule has 0 radical (unpaired) electrons. The second kappa shape index (κ2) is 7.05. The first kappa shape index (κ1) is 16.5. The predicted molar refractivity (Wildman–Crippen MR) is 96.5 cm³/mol. The second-order valence-corrected chi connectivity index (χ2v) is 6.50. The number of para-hydroxylation sites is 2. The summed E-state index contributed by atoms with van der Waals surface area (Å²) in [5, 5.41) is 10.4. The predicted octanol–water partition coefficient (Wildman–Crippen LogP) is 3.91. The van der Waals surface area contributed by atoms with Gasteiger partial charge in [0.2, 0.25) is 0 Å². The average molecular weight is 324 g/mol. The molecule has 0 saturated carbocycles. The normalized spacial score (nSPS) is 12.7. The Balaban J connectivity index is 1.73. The molecule has 0 aliphatic carbocycles. The minimum absolute atomic E-state index is 0.257. The van der Waals surface area contributed by atoms with E-state index >= 15 is 0 Å². The van der Waals surface area contributed by atoms with Crippen LogP contribution in [0.1, 0.15) is 31.2 Å². The number of fused-ring (bicyclic) bond motifs is 1. The summed E-state index contributed by atoms with van der Waals surface area (Å²) < 4.78 is 7.80. The molecule has 1 atom stereocenters. The van der Waals surface area contributed by atoms with Crippen molar-refractivity contribution in [2.75, 3.05) is 6.61 Å². The van der Waals surface area contributed by atoms with Gasteiger partial charge in [-0.3, -0.25) is 0 Å². The summed E-state index contributed by atoms with van der Waals surface area (Å²) >= 11 is 0. The highest BCUT2D eigenvalue weighted by molar-refractivity contribution is 5.76. The first-order valence-corrected chi connectivity index (χ1v) is 8.37. The Morgan fingerprint density at radius 3 is 2.50 bits per heavy atom. The molecule has 0 saturated heterocycles. The van der Waals surface area contributed by atoms with Crippen LogP contribution in [0, 0.1) is 6.92 Å². The van der Waals surface area contributed by atoms with E-state index in [1.54, 1.807) is 0 Å². The fraction of sp³-hybridized carbons (Fsp3) is 0.350. The lowest BCUT2D eigenvalue weighted by Gasteiger charge is -2.17. The molecule has 1 N–H and O–H groups in total. The zero-order valence-electron chi connectivity index (χ0n) is 14.4. The standard InChI is InChI=1S/C20H24N2O2/c1-14(2)20-21-18-6-4-5-7-19(18)22(20)12-16(23)13-24-17-10-8-15(3)9-11-17/h4-11,14,16,23H,12-13H2,1-3H3. The van der Waals surface area contributed by atoms with Crippen molar-refractivity contribution in [1.29, 1.82) is 0 Å². The van der Waals surface area contributed by atoms with E-state index in [-0.39, 0.29) is 6.61 Å². The Bertz CT molecular complexity index is 806. The number of hydrogen-bond acceptors (Lipinski definition) is 3. The minimum atomic E-state index is -0.596. The van der Waals surface area contributed by atoms with Gasteiger partial charge in [0.1, 0.15) is 24.3 Å². The molecule has 1 heterocycles. The van der Waals surface area contributed by atoms with Gasteiger partial charge >= 0.3 is 0 Å². The van der Waals surface area contributed by atoms with E-state index in [2.05, 4.69) is 18.4 Å². The number of aliphatic hydroxyl groups is 1. The molecule has 3 aromatic rings. The fourth-order valence-electron chi connectivity index (χ4n) is 2.82. The first-order valence-electron chi connectivity index (χ1n) is 8.37. The average Bonchev–Trinajstić information content (AvgIpc) is 2.93. The summed E-state index contributed by atoms with van der Waals surface area (Å²) in [4.78, 5) is 4.70. The van der Waals surface area contributed by atoms with Crippen LogP contribution >= 0.6 is 0 Å². The number of ether oxygens (including phenoxy) is 1. The smallest absolute Gasteiger partial charge is 0.119 e. The Morgan fingerprint density at radius 1 is 1.08 bits per heavy atom.